The van der Waals surface area contributed by atoms with Crippen LogP contribution in [0.2, 0.25) is 0 Å². The van der Waals surface area contributed by atoms with E-state index in [1.165, 1.54) is 55.6 Å². The lowest BCUT2D eigenvalue weighted by Crippen LogP contribution is -2.19. The van der Waals surface area contributed by atoms with Crippen LogP contribution < -0.4 is 0 Å². The number of hydrogen-bond donors (Lipinski definition) is 0. The van der Waals surface area contributed by atoms with Crippen molar-refractivity contribution in [3.8, 4) is 22.3 Å². The molecule has 0 aromatic heterocycles. The van der Waals surface area contributed by atoms with Crippen molar-refractivity contribution in [2.45, 2.75) is 85.5 Å². The summed E-state index contributed by atoms with van der Waals surface area (Å²) < 4.78 is 0. The normalized spacial score (nSPS) is 15.4. The number of fused-ring (bicyclic) bond motifs is 3. The molecule has 0 saturated carbocycles. The monoisotopic (exact) mass is 462 g/mol. The Morgan fingerprint density at radius 2 is 1.31 bits per heavy atom. The molecule has 4 rings (SSSR count). The summed E-state index contributed by atoms with van der Waals surface area (Å²) in [5.74, 6) is 0. The first-order valence-electron chi connectivity index (χ1n) is 13.0. The van der Waals surface area contributed by atoms with Crippen LogP contribution in [-0.4, -0.2) is 0 Å². The zero-order chi connectivity index (χ0) is 25.8. The van der Waals surface area contributed by atoms with E-state index in [1.54, 1.807) is 0 Å². The van der Waals surface area contributed by atoms with Crippen LogP contribution in [0.25, 0.3) is 27.8 Å². The van der Waals surface area contributed by atoms with Gasteiger partial charge in [-0.15, -0.1) is 0 Å². The average molecular weight is 463 g/mol. The van der Waals surface area contributed by atoms with E-state index in [-0.39, 0.29) is 16.2 Å². The second-order valence-corrected chi connectivity index (χ2v) is 12.6. The first-order valence-corrected chi connectivity index (χ1v) is 13.0. The highest BCUT2D eigenvalue weighted by Crippen LogP contribution is 2.54. The lowest BCUT2D eigenvalue weighted by molar-refractivity contribution is 0.580. The quantitative estimate of drug-likeness (QED) is 0.340. The third kappa shape index (κ3) is 4.33. The zero-order valence-corrected chi connectivity index (χ0v) is 23.4. The Morgan fingerprint density at radius 1 is 0.686 bits per heavy atom. The molecule has 1 aliphatic rings. The minimum Gasteiger partial charge on any atom is -0.0871 e. The predicted molar refractivity (Wildman–Crippen MR) is 155 cm³/mol. The van der Waals surface area contributed by atoms with Crippen LogP contribution in [0.5, 0.6) is 0 Å². The molecule has 0 saturated heterocycles. The van der Waals surface area contributed by atoms with Gasteiger partial charge in [-0.25, -0.2) is 0 Å². The topological polar surface area (TPSA) is 0 Å². The summed E-state index contributed by atoms with van der Waals surface area (Å²) in [5.41, 5.74) is 13.8. The van der Waals surface area contributed by atoms with E-state index in [0.29, 0.717) is 0 Å². The summed E-state index contributed by atoms with van der Waals surface area (Å²) in [6.45, 7) is 22.9. The SMILES string of the molecule is CC=CC(=CC)c1ccccc1-c1cc(C(C)(C)C)cc2c1-c1ccc(C(C)(C)C)cc1C2(C)C. The molecular weight excluding hydrogens is 420 g/mol. The summed E-state index contributed by atoms with van der Waals surface area (Å²) in [4.78, 5) is 0. The van der Waals surface area contributed by atoms with Gasteiger partial charge in [-0.05, 0) is 86.4 Å². The maximum Gasteiger partial charge on any atom is 0.0159 e. The Kier molecular flexibility index (Phi) is 6.25. The highest BCUT2D eigenvalue weighted by molar-refractivity contribution is 5.97. The fourth-order valence-corrected chi connectivity index (χ4v) is 5.45. The van der Waals surface area contributed by atoms with Crippen molar-refractivity contribution in [1.29, 1.82) is 0 Å². The van der Waals surface area contributed by atoms with Crippen LogP contribution >= 0.6 is 0 Å². The fraction of sp³-hybridized carbons (Fsp3) is 0.371. The largest absolute Gasteiger partial charge is 0.0871 e. The van der Waals surface area contributed by atoms with Crippen LogP contribution in [0.1, 0.15) is 97.1 Å². The molecule has 0 bridgehead atoms. The molecule has 0 aliphatic heterocycles. The van der Waals surface area contributed by atoms with Crippen molar-refractivity contribution < 1.29 is 0 Å². The van der Waals surface area contributed by atoms with Gasteiger partial charge in [0.05, 0.1) is 0 Å². The third-order valence-corrected chi connectivity index (χ3v) is 7.69. The van der Waals surface area contributed by atoms with Crippen LogP contribution in [0.4, 0.5) is 0 Å². The molecule has 0 nitrogen and oxygen atoms in total. The molecule has 0 unspecified atom stereocenters. The molecule has 35 heavy (non-hydrogen) atoms. The second kappa shape index (κ2) is 8.66. The minimum absolute atomic E-state index is 0.0520. The molecule has 3 aromatic rings. The lowest BCUT2D eigenvalue weighted by Gasteiger charge is -2.28. The van der Waals surface area contributed by atoms with Crippen molar-refractivity contribution in [3.63, 3.8) is 0 Å². The van der Waals surface area contributed by atoms with E-state index < -0.39 is 0 Å². The second-order valence-electron chi connectivity index (χ2n) is 12.6. The van der Waals surface area contributed by atoms with E-state index in [1.807, 2.05) is 0 Å². The van der Waals surface area contributed by atoms with Gasteiger partial charge in [-0.2, -0.15) is 0 Å². The molecule has 182 valence electrons. The summed E-state index contributed by atoms with van der Waals surface area (Å²) >= 11 is 0. The number of hydrogen-bond acceptors (Lipinski definition) is 0. The molecule has 0 amide bonds. The Hall–Kier alpha value is -2.86. The maximum absolute atomic E-state index is 2.49. The Bertz CT molecular complexity index is 1330. The first-order chi connectivity index (χ1) is 16.3. The Labute approximate surface area is 213 Å². The van der Waals surface area contributed by atoms with Gasteiger partial charge in [-0.1, -0.05) is 122 Å². The van der Waals surface area contributed by atoms with E-state index in [2.05, 4.69) is 142 Å². The minimum atomic E-state index is -0.0520. The van der Waals surface area contributed by atoms with Gasteiger partial charge in [0.25, 0.3) is 0 Å². The summed E-state index contributed by atoms with van der Waals surface area (Å²) in [6.07, 6.45) is 6.58. The van der Waals surface area contributed by atoms with Crippen molar-refractivity contribution in [1.82, 2.24) is 0 Å². The molecule has 0 spiro atoms. The van der Waals surface area contributed by atoms with E-state index in [0.717, 1.165) is 0 Å². The number of rotatable bonds is 3. The van der Waals surface area contributed by atoms with Crippen LogP contribution in [0.15, 0.2) is 72.8 Å². The van der Waals surface area contributed by atoms with Gasteiger partial charge in [0.1, 0.15) is 0 Å². The smallest absolute Gasteiger partial charge is 0.0159 e. The number of benzene rings is 3. The van der Waals surface area contributed by atoms with Crippen LogP contribution in [-0.2, 0) is 16.2 Å². The van der Waals surface area contributed by atoms with E-state index >= 15 is 0 Å². The summed E-state index contributed by atoms with van der Waals surface area (Å²) in [5, 5.41) is 0. The summed E-state index contributed by atoms with van der Waals surface area (Å²) in [7, 11) is 0. The standard InChI is InChI=1S/C35H42/c1-11-15-23(12-2)26-16-13-14-17-27(26)29-20-25(34(6,7)8)22-31-32(29)28-19-18-24(33(3,4)5)21-30(28)35(31,9)10/h11-22H,1-10H3. The van der Waals surface area contributed by atoms with Crippen LogP contribution in [0, 0.1) is 0 Å². The molecule has 0 atom stereocenters. The summed E-state index contributed by atoms with van der Waals surface area (Å²) in [6, 6.07) is 21.1. The molecule has 0 radical (unpaired) electrons. The van der Waals surface area contributed by atoms with E-state index in [4.69, 9.17) is 0 Å². The average Bonchev–Trinajstić information content (AvgIpc) is 3.02. The van der Waals surface area contributed by atoms with Gasteiger partial charge in [0.15, 0.2) is 0 Å². The van der Waals surface area contributed by atoms with Crippen molar-refractivity contribution >= 4 is 5.57 Å². The molecule has 0 heteroatoms. The highest BCUT2D eigenvalue weighted by Gasteiger charge is 2.39. The molecule has 0 fully saturated rings. The van der Waals surface area contributed by atoms with Gasteiger partial charge >= 0.3 is 0 Å². The Balaban J connectivity index is 2.12. The molecule has 0 heterocycles. The number of allylic oxidation sites excluding steroid dienone is 4. The van der Waals surface area contributed by atoms with Crippen molar-refractivity contribution in [3.05, 3.63) is 101 Å². The lowest BCUT2D eigenvalue weighted by atomic mass is 9.76. The van der Waals surface area contributed by atoms with Gasteiger partial charge in [0.2, 0.25) is 0 Å². The van der Waals surface area contributed by atoms with E-state index in [9.17, 15) is 0 Å². The molecular formula is C35H42. The van der Waals surface area contributed by atoms with Gasteiger partial charge in [0, 0.05) is 5.41 Å². The molecule has 3 aromatic carbocycles. The fourth-order valence-electron chi connectivity index (χ4n) is 5.45. The van der Waals surface area contributed by atoms with Gasteiger partial charge < -0.3 is 0 Å². The molecule has 1 aliphatic carbocycles. The maximum atomic E-state index is 2.49. The van der Waals surface area contributed by atoms with Crippen LogP contribution in [0.3, 0.4) is 0 Å². The zero-order valence-electron chi connectivity index (χ0n) is 23.4. The third-order valence-electron chi connectivity index (χ3n) is 7.69. The highest BCUT2D eigenvalue weighted by atomic mass is 14.4. The van der Waals surface area contributed by atoms with Crippen molar-refractivity contribution in [2.24, 2.45) is 0 Å². The van der Waals surface area contributed by atoms with Crippen molar-refractivity contribution in [2.75, 3.05) is 0 Å². The molecule has 0 N–H and O–H groups in total. The predicted octanol–water partition coefficient (Wildman–Crippen LogP) is 10.2. The Morgan fingerprint density at radius 3 is 1.91 bits per heavy atom. The first kappa shape index (κ1) is 25.2. The van der Waals surface area contributed by atoms with Gasteiger partial charge in [-0.3, -0.25) is 0 Å².